The number of hydrogen-bond acceptors (Lipinski definition) is 6. The molecule has 2 aromatic carbocycles. The molecule has 6 rings (SSSR count). The number of nitrogens with zero attached hydrogens (tertiary/aromatic N) is 4. The molecule has 1 N–H and O–H groups in total. The number of rotatable bonds is 6. The summed E-state index contributed by atoms with van der Waals surface area (Å²) >= 11 is 8.14. The van der Waals surface area contributed by atoms with Crippen LogP contribution in [0.15, 0.2) is 77.4 Å². The Balaban J connectivity index is 1.31. The van der Waals surface area contributed by atoms with E-state index in [1.807, 2.05) is 30.3 Å². The smallest absolute Gasteiger partial charge is 0.230 e. The Morgan fingerprint density at radius 3 is 2.51 bits per heavy atom. The van der Waals surface area contributed by atoms with Crippen molar-refractivity contribution < 1.29 is 9.52 Å². The molecule has 0 amide bonds. The van der Waals surface area contributed by atoms with Gasteiger partial charge >= 0.3 is 0 Å². The molecule has 3 aromatic heterocycles. The van der Waals surface area contributed by atoms with Crippen molar-refractivity contribution in [1.82, 2.24) is 19.5 Å². The highest BCUT2D eigenvalue weighted by molar-refractivity contribution is 7.17. The molecular formula is C27H25ClN4O2S. The summed E-state index contributed by atoms with van der Waals surface area (Å²) in [6.07, 6.45) is 4.88. The molecule has 1 saturated heterocycles. The van der Waals surface area contributed by atoms with E-state index < -0.39 is 0 Å². The highest BCUT2D eigenvalue weighted by atomic mass is 35.5. The number of aromatic nitrogens is 3. The summed E-state index contributed by atoms with van der Waals surface area (Å²) in [7, 11) is 0. The van der Waals surface area contributed by atoms with E-state index in [9.17, 15) is 5.11 Å². The van der Waals surface area contributed by atoms with Crippen molar-refractivity contribution in [3.05, 3.63) is 94.0 Å². The van der Waals surface area contributed by atoms with Gasteiger partial charge < -0.3 is 9.52 Å². The van der Waals surface area contributed by atoms with E-state index in [0.29, 0.717) is 27.5 Å². The molecule has 1 fully saturated rings. The number of halogens is 1. The van der Waals surface area contributed by atoms with Crippen LogP contribution in [0.1, 0.15) is 34.9 Å². The lowest BCUT2D eigenvalue weighted by molar-refractivity contribution is 0.151. The van der Waals surface area contributed by atoms with Crippen LogP contribution in [0.25, 0.3) is 16.5 Å². The highest BCUT2D eigenvalue weighted by Gasteiger charge is 2.33. The molecule has 1 atom stereocenters. The van der Waals surface area contributed by atoms with Crippen LogP contribution < -0.4 is 0 Å². The monoisotopic (exact) mass is 504 g/mol. The number of fused-ring (bicyclic) bond motifs is 1. The van der Waals surface area contributed by atoms with Gasteiger partial charge in [-0.25, -0.2) is 0 Å². The van der Waals surface area contributed by atoms with E-state index in [1.54, 1.807) is 12.3 Å². The minimum atomic E-state index is -0.165. The zero-order valence-electron chi connectivity index (χ0n) is 19.0. The lowest BCUT2D eigenvalue weighted by Gasteiger charge is -2.37. The van der Waals surface area contributed by atoms with Crippen LogP contribution in [0.5, 0.6) is 5.88 Å². The molecular weight excluding hydrogens is 480 g/mol. The standard InChI is InChI=1S/C27H25ClN4O2S/c28-21-10-5-4-9-20(21)23(31-14-12-19(13-15-31)17-18-7-2-1-3-8-18)24-26(33)32-27(35-24)29-25(30-32)22-11-6-16-34-22/h1-11,16,19,23,33H,12-15,17H2/t23-/m0/s1. The maximum Gasteiger partial charge on any atom is 0.230 e. The molecule has 0 aliphatic carbocycles. The Hall–Kier alpha value is -3.13. The second kappa shape index (κ2) is 9.49. The van der Waals surface area contributed by atoms with Crippen molar-refractivity contribution in [1.29, 1.82) is 0 Å². The lowest BCUT2D eigenvalue weighted by atomic mass is 9.89. The van der Waals surface area contributed by atoms with Gasteiger partial charge in [0.15, 0.2) is 5.76 Å². The molecule has 1 aliphatic heterocycles. The number of furan rings is 1. The van der Waals surface area contributed by atoms with Gasteiger partial charge in [-0.1, -0.05) is 71.5 Å². The molecule has 0 spiro atoms. The van der Waals surface area contributed by atoms with Gasteiger partial charge in [-0.05, 0) is 67.6 Å². The molecule has 35 heavy (non-hydrogen) atoms. The van der Waals surface area contributed by atoms with Gasteiger partial charge in [0.1, 0.15) is 0 Å². The first-order chi connectivity index (χ1) is 17.2. The Morgan fingerprint density at radius 2 is 1.80 bits per heavy atom. The number of hydrogen-bond donors (Lipinski definition) is 1. The summed E-state index contributed by atoms with van der Waals surface area (Å²) in [6, 6.07) is 22.0. The minimum absolute atomic E-state index is 0.103. The SMILES string of the molecule is Oc1c([C@H](c2ccccc2Cl)N2CCC(Cc3ccccc3)CC2)sc2nc(-c3ccco3)nn12. The van der Waals surface area contributed by atoms with Crippen LogP contribution in [-0.4, -0.2) is 37.7 Å². The van der Waals surface area contributed by atoms with Crippen LogP contribution in [0.3, 0.4) is 0 Å². The average Bonchev–Trinajstić information content (AvgIpc) is 3.61. The summed E-state index contributed by atoms with van der Waals surface area (Å²) in [5.41, 5.74) is 2.38. The van der Waals surface area contributed by atoms with E-state index in [1.165, 1.54) is 21.4 Å². The fourth-order valence-electron chi connectivity index (χ4n) is 5.00. The van der Waals surface area contributed by atoms with Gasteiger partial charge in [0.2, 0.25) is 16.7 Å². The molecule has 0 unspecified atom stereocenters. The first-order valence-electron chi connectivity index (χ1n) is 11.8. The summed E-state index contributed by atoms with van der Waals surface area (Å²) in [4.78, 5) is 8.47. The highest BCUT2D eigenvalue weighted by Crippen LogP contribution is 2.43. The molecule has 178 valence electrons. The van der Waals surface area contributed by atoms with Crippen molar-refractivity contribution in [2.75, 3.05) is 13.1 Å². The molecule has 6 nitrogen and oxygen atoms in total. The predicted octanol–water partition coefficient (Wildman–Crippen LogP) is 6.45. The number of thiazole rings is 1. The summed E-state index contributed by atoms with van der Waals surface area (Å²) in [6.45, 7) is 1.86. The number of piperidine rings is 1. The van der Waals surface area contributed by atoms with Crippen molar-refractivity contribution in [2.45, 2.75) is 25.3 Å². The Bertz CT molecular complexity index is 1420. The first kappa shape index (κ1) is 22.3. The van der Waals surface area contributed by atoms with E-state index in [4.69, 9.17) is 16.0 Å². The zero-order chi connectivity index (χ0) is 23.8. The molecule has 8 heteroatoms. The van der Waals surface area contributed by atoms with Gasteiger partial charge in [-0.2, -0.15) is 9.50 Å². The maximum absolute atomic E-state index is 11.3. The van der Waals surface area contributed by atoms with Gasteiger partial charge in [0.05, 0.1) is 17.2 Å². The average molecular weight is 505 g/mol. The Kier molecular flexibility index (Phi) is 6.06. The third-order valence-electron chi connectivity index (χ3n) is 6.77. The fraction of sp³-hybridized carbons (Fsp3) is 0.259. The van der Waals surface area contributed by atoms with E-state index in [-0.39, 0.29) is 11.9 Å². The number of benzene rings is 2. The third kappa shape index (κ3) is 4.35. The third-order valence-corrected chi connectivity index (χ3v) is 8.19. The second-order valence-corrected chi connectivity index (χ2v) is 10.4. The molecule has 0 bridgehead atoms. The lowest BCUT2D eigenvalue weighted by Crippen LogP contribution is -2.37. The van der Waals surface area contributed by atoms with Crippen LogP contribution >= 0.6 is 22.9 Å². The zero-order valence-corrected chi connectivity index (χ0v) is 20.6. The summed E-state index contributed by atoms with van der Waals surface area (Å²) < 4.78 is 6.93. The van der Waals surface area contributed by atoms with Crippen LogP contribution in [0.4, 0.5) is 0 Å². The van der Waals surface area contributed by atoms with Gasteiger partial charge in [-0.15, -0.1) is 5.10 Å². The normalized spacial score (nSPS) is 16.1. The van der Waals surface area contributed by atoms with Crippen molar-refractivity contribution >= 4 is 27.9 Å². The number of aromatic hydroxyl groups is 1. The minimum Gasteiger partial charge on any atom is -0.492 e. The first-order valence-corrected chi connectivity index (χ1v) is 13.0. The molecule has 0 radical (unpaired) electrons. The Labute approximate surface area is 212 Å². The van der Waals surface area contributed by atoms with Crippen molar-refractivity contribution in [2.24, 2.45) is 5.92 Å². The summed E-state index contributed by atoms with van der Waals surface area (Å²) in [5.74, 6) is 1.78. The fourth-order valence-corrected chi connectivity index (χ4v) is 6.35. The summed E-state index contributed by atoms with van der Waals surface area (Å²) in [5, 5.41) is 16.5. The van der Waals surface area contributed by atoms with Crippen molar-refractivity contribution in [3.8, 4) is 17.5 Å². The Morgan fingerprint density at radius 1 is 1.03 bits per heavy atom. The topological polar surface area (TPSA) is 66.8 Å². The van der Waals surface area contributed by atoms with E-state index >= 15 is 0 Å². The molecule has 1 aliphatic rings. The van der Waals surface area contributed by atoms with Crippen LogP contribution in [0, 0.1) is 5.92 Å². The predicted molar refractivity (Wildman–Crippen MR) is 138 cm³/mol. The van der Waals surface area contributed by atoms with Gasteiger partial charge in [-0.3, -0.25) is 4.90 Å². The molecule has 4 heterocycles. The van der Waals surface area contributed by atoms with Gasteiger partial charge in [0.25, 0.3) is 0 Å². The molecule has 0 saturated carbocycles. The number of likely N-dealkylation sites (tertiary alicyclic amines) is 1. The largest absolute Gasteiger partial charge is 0.492 e. The van der Waals surface area contributed by atoms with Crippen LogP contribution in [-0.2, 0) is 6.42 Å². The van der Waals surface area contributed by atoms with Crippen molar-refractivity contribution in [3.63, 3.8) is 0 Å². The van der Waals surface area contributed by atoms with E-state index in [0.717, 1.165) is 42.8 Å². The molecule has 5 aromatic rings. The maximum atomic E-state index is 11.3. The van der Waals surface area contributed by atoms with Gasteiger partial charge in [0, 0.05) is 5.02 Å². The van der Waals surface area contributed by atoms with E-state index in [2.05, 4.69) is 45.3 Å². The second-order valence-electron chi connectivity index (χ2n) is 8.99. The van der Waals surface area contributed by atoms with Crippen LogP contribution in [0.2, 0.25) is 5.02 Å². The quantitative estimate of drug-likeness (QED) is 0.287.